The number of carbonyl (C=O) groups excluding carboxylic acids is 1. The topological polar surface area (TPSA) is 35.5 Å². The summed E-state index contributed by atoms with van der Waals surface area (Å²) in [5.74, 6) is 2.68. The fourth-order valence-corrected chi connectivity index (χ4v) is 7.60. The van der Waals surface area contributed by atoms with E-state index in [1.807, 2.05) is 6.07 Å². The molecule has 4 aliphatic carbocycles. The summed E-state index contributed by atoms with van der Waals surface area (Å²) in [5.41, 5.74) is 2.43. The molecule has 2 aromatic rings. The second kappa shape index (κ2) is 10.2. The van der Waals surface area contributed by atoms with E-state index in [1.54, 1.807) is 20.1 Å². The van der Waals surface area contributed by atoms with Crippen LogP contribution < -0.4 is 4.74 Å². The second-order valence-electron chi connectivity index (χ2n) is 11.2. The minimum Gasteiger partial charge on any atom is -0.497 e. The highest BCUT2D eigenvalue weighted by Gasteiger charge is 2.52. The lowest BCUT2D eigenvalue weighted by Gasteiger charge is -2.57. The van der Waals surface area contributed by atoms with Gasteiger partial charge in [0.25, 0.3) is 0 Å². The molecule has 2 aromatic carbocycles. The van der Waals surface area contributed by atoms with Gasteiger partial charge in [0, 0.05) is 0 Å². The highest BCUT2D eigenvalue weighted by Crippen LogP contribution is 2.61. The molecular weight excluding hydrogens is 477 g/mol. The van der Waals surface area contributed by atoms with Gasteiger partial charge in [-0.15, -0.1) is 0 Å². The van der Waals surface area contributed by atoms with Crippen LogP contribution in [0.25, 0.3) is 5.57 Å². The molecule has 6 heteroatoms. The highest BCUT2D eigenvalue weighted by atomic mass is 19.4. The molecule has 4 saturated carbocycles. The third-order valence-electron chi connectivity index (χ3n) is 8.69. The van der Waals surface area contributed by atoms with E-state index in [0.29, 0.717) is 12.8 Å². The summed E-state index contributed by atoms with van der Waals surface area (Å²) in [6.45, 7) is 1.85. The molecule has 37 heavy (non-hydrogen) atoms. The van der Waals surface area contributed by atoms with Gasteiger partial charge in [0.1, 0.15) is 5.75 Å². The Morgan fingerprint density at radius 2 is 1.70 bits per heavy atom. The molecule has 0 spiro atoms. The lowest BCUT2D eigenvalue weighted by molar-refractivity contribution is -0.138. The predicted molar refractivity (Wildman–Crippen MR) is 137 cm³/mol. The third-order valence-corrected chi connectivity index (χ3v) is 8.69. The zero-order valence-electron chi connectivity index (χ0n) is 21.6. The molecule has 0 aliphatic heterocycles. The molecule has 0 N–H and O–H groups in total. The monoisotopic (exact) mass is 512 g/mol. The number of ether oxygens (including phenoxy) is 2. The van der Waals surface area contributed by atoms with Crippen LogP contribution in [-0.4, -0.2) is 19.7 Å². The molecule has 0 heterocycles. The van der Waals surface area contributed by atoms with E-state index in [2.05, 4.69) is 12.1 Å². The molecule has 0 amide bonds. The SMILES string of the molecule is CCOC(=O)/C(=C/CCc1ccc(OC)cc1C12CC3CC(CC(C3)C1)C2)c1cccc(C(F)(F)F)c1. The van der Waals surface area contributed by atoms with Crippen molar-refractivity contribution in [2.75, 3.05) is 13.7 Å². The minimum absolute atomic E-state index is 0.157. The average Bonchev–Trinajstić information content (AvgIpc) is 2.85. The first-order valence-corrected chi connectivity index (χ1v) is 13.4. The summed E-state index contributed by atoms with van der Waals surface area (Å²) >= 11 is 0. The van der Waals surface area contributed by atoms with Crippen molar-refractivity contribution in [3.05, 3.63) is 70.8 Å². The lowest BCUT2D eigenvalue weighted by atomic mass is 9.47. The smallest absolute Gasteiger partial charge is 0.416 e. The summed E-state index contributed by atoms with van der Waals surface area (Å²) in [7, 11) is 1.70. The summed E-state index contributed by atoms with van der Waals surface area (Å²) in [4.78, 5) is 12.7. The fraction of sp³-hybridized carbons (Fsp3) is 0.516. The van der Waals surface area contributed by atoms with Crippen LogP contribution >= 0.6 is 0 Å². The van der Waals surface area contributed by atoms with Crippen LogP contribution in [0.15, 0.2) is 48.5 Å². The van der Waals surface area contributed by atoms with E-state index < -0.39 is 17.7 Å². The molecule has 4 aliphatic rings. The Balaban J connectivity index is 1.44. The maximum Gasteiger partial charge on any atom is 0.416 e. The zero-order valence-corrected chi connectivity index (χ0v) is 21.6. The average molecular weight is 513 g/mol. The number of rotatable bonds is 8. The lowest BCUT2D eigenvalue weighted by Crippen LogP contribution is -2.48. The van der Waals surface area contributed by atoms with Crippen LogP contribution in [-0.2, 0) is 27.5 Å². The second-order valence-corrected chi connectivity index (χ2v) is 11.2. The Labute approximate surface area is 217 Å². The number of carbonyl (C=O) groups is 1. The molecule has 4 bridgehead atoms. The van der Waals surface area contributed by atoms with Crippen LogP contribution in [0.1, 0.15) is 74.1 Å². The first kappa shape index (κ1) is 25.9. The van der Waals surface area contributed by atoms with E-state index in [4.69, 9.17) is 9.47 Å². The maximum absolute atomic E-state index is 13.3. The van der Waals surface area contributed by atoms with Gasteiger partial charge in [0.2, 0.25) is 0 Å². The van der Waals surface area contributed by atoms with Gasteiger partial charge in [-0.2, -0.15) is 13.2 Å². The molecule has 0 atom stereocenters. The van der Waals surface area contributed by atoms with E-state index in [1.165, 1.54) is 61.8 Å². The number of halogens is 3. The van der Waals surface area contributed by atoms with E-state index in [0.717, 1.165) is 35.6 Å². The van der Waals surface area contributed by atoms with Gasteiger partial charge in [-0.05, 0) is 122 Å². The Hall–Kier alpha value is -2.76. The normalized spacial score (nSPS) is 26.8. The molecule has 0 saturated heterocycles. The Bertz CT molecular complexity index is 1150. The van der Waals surface area contributed by atoms with Crippen molar-refractivity contribution in [3.63, 3.8) is 0 Å². The first-order valence-electron chi connectivity index (χ1n) is 13.4. The minimum atomic E-state index is -4.48. The third kappa shape index (κ3) is 5.30. The summed E-state index contributed by atoms with van der Waals surface area (Å²) < 4.78 is 50.8. The van der Waals surface area contributed by atoms with Crippen molar-refractivity contribution in [3.8, 4) is 5.75 Å². The molecule has 3 nitrogen and oxygen atoms in total. The summed E-state index contributed by atoms with van der Waals surface area (Å²) in [5, 5.41) is 0. The number of hydrogen-bond donors (Lipinski definition) is 0. The molecule has 6 rings (SSSR count). The van der Waals surface area contributed by atoms with Gasteiger partial charge >= 0.3 is 12.1 Å². The van der Waals surface area contributed by atoms with Crippen molar-refractivity contribution in [2.45, 2.75) is 69.9 Å². The Morgan fingerprint density at radius 1 is 1.03 bits per heavy atom. The molecular formula is C31H35F3O3. The fourth-order valence-electron chi connectivity index (χ4n) is 7.60. The Morgan fingerprint density at radius 3 is 2.30 bits per heavy atom. The highest BCUT2D eigenvalue weighted by molar-refractivity contribution is 6.16. The number of alkyl halides is 3. The number of esters is 1. The summed E-state index contributed by atoms with van der Waals surface area (Å²) in [6, 6.07) is 11.2. The van der Waals surface area contributed by atoms with Crippen LogP contribution in [0.3, 0.4) is 0 Å². The Kier molecular flexibility index (Phi) is 7.12. The van der Waals surface area contributed by atoms with Crippen molar-refractivity contribution in [2.24, 2.45) is 17.8 Å². The number of allylic oxidation sites excluding steroid dienone is 1. The standard InChI is InChI=1S/C31H35F3O3/c1-3-37-29(35)27(24-7-4-8-25(15-24)31(32,33)34)9-5-6-23-10-11-26(36-2)16-28(23)30-17-20-12-21(18-30)14-22(13-20)19-30/h4,7-11,15-16,20-22H,3,5-6,12-14,17-19H2,1-2H3/b27-9+. The number of methoxy groups -OCH3 is 1. The van der Waals surface area contributed by atoms with Crippen LogP contribution in [0, 0.1) is 17.8 Å². The maximum atomic E-state index is 13.3. The predicted octanol–water partition coefficient (Wildman–Crippen LogP) is 7.76. The molecule has 198 valence electrons. The quantitative estimate of drug-likeness (QED) is 0.268. The first-order chi connectivity index (χ1) is 17.7. The largest absolute Gasteiger partial charge is 0.497 e. The van der Waals surface area contributed by atoms with E-state index >= 15 is 0 Å². The number of benzene rings is 2. The van der Waals surface area contributed by atoms with E-state index in [9.17, 15) is 18.0 Å². The van der Waals surface area contributed by atoms with Gasteiger partial charge < -0.3 is 9.47 Å². The number of hydrogen-bond acceptors (Lipinski definition) is 3. The van der Waals surface area contributed by atoms with Gasteiger partial charge in [-0.1, -0.05) is 24.3 Å². The van der Waals surface area contributed by atoms with Crippen molar-refractivity contribution in [1.82, 2.24) is 0 Å². The van der Waals surface area contributed by atoms with Gasteiger partial charge in [-0.25, -0.2) is 4.79 Å². The van der Waals surface area contributed by atoms with Crippen molar-refractivity contribution >= 4 is 11.5 Å². The zero-order chi connectivity index (χ0) is 26.2. The van der Waals surface area contributed by atoms with Crippen LogP contribution in [0.2, 0.25) is 0 Å². The van der Waals surface area contributed by atoms with Crippen LogP contribution in [0.4, 0.5) is 13.2 Å². The van der Waals surface area contributed by atoms with E-state index in [-0.39, 0.29) is 23.2 Å². The molecule has 0 aromatic heterocycles. The van der Waals surface area contributed by atoms with Gasteiger partial charge in [0.15, 0.2) is 0 Å². The summed E-state index contributed by atoms with van der Waals surface area (Å²) in [6.07, 6.45) is 6.25. The van der Waals surface area contributed by atoms with Gasteiger partial charge in [0.05, 0.1) is 24.9 Å². The molecule has 0 unspecified atom stereocenters. The number of aryl methyl sites for hydroxylation is 1. The van der Waals surface area contributed by atoms with Crippen molar-refractivity contribution < 1.29 is 27.4 Å². The van der Waals surface area contributed by atoms with Crippen LogP contribution in [0.5, 0.6) is 5.75 Å². The van der Waals surface area contributed by atoms with Gasteiger partial charge in [-0.3, -0.25) is 0 Å². The molecule has 4 fully saturated rings. The molecule has 0 radical (unpaired) electrons. The van der Waals surface area contributed by atoms with Crippen molar-refractivity contribution in [1.29, 1.82) is 0 Å².